The summed E-state index contributed by atoms with van der Waals surface area (Å²) in [6, 6.07) is 4.75. The minimum Gasteiger partial charge on any atom is -0.508 e. The van der Waals surface area contributed by atoms with E-state index in [2.05, 4.69) is 0 Å². The molecule has 2 aromatic rings. The number of aliphatic hydroxyl groups is 3. The van der Waals surface area contributed by atoms with Gasteiger partial charge in [-0.2, -0.15) is 0 Å². The summed E-state index contributed by atoms with van der Waals surface area (Å²) >= 11 is 0. The van der Waals surface area contributed by atoms with Gasteiger partial charge in [-0.05, 0) is 48.4 Å². The zero-order valence-corrected chi connectivity index (χ0v) is 17.1. The van der Waals surface area contributed by atoms with Crippen LogP contribution < -0.4 is 5.73 Å². The number of aromatic hydroxyl groups is 1. The minimum absolute atomic E-state index is 0.0215. The van der Waals surface area contributed by atoms with E-state index in [-0.39, 0.29) is 42.8 Å². The second-order valence-electron chi connectivity index (χ2n) is 8.27. The molecule has 9 nitrogen and oxygen atoms in total. The van der Waals surface area contributed by atoms with E-state index in [9.17, 15) is 34.8 Å². The molecule has 1 aromatic heterocycles. The molecule has 0 fully saturated rings. The molecule has 1 heterocycles. The maximum Gasteiger partial charge on any atom is 0.225 e. The molecule has 0 unspecified atom stereocenters. The zero-order chi connectivity index (χ0) is 23.2. The van der Waals surface area contributed by atoms with E-state index in [1.807, 2.05) is 0 Å². The molecule has 4 rings (SSSR count). The normalized spacial score (nSPS) is 24.8. The van der Waals surface area contributed by atoms with Crippen LogP contribution in [0, 0.1) is 11.8 Å². The summed E-state index contributed by atoms with van der Waals surface area (Å²) in [6.45, 7) is -0.377. The van der Waals surface area contributed by atoms with Crippen LogP contribution in [0.15, 0.2) is 46.5 Å². The molecule has 0 radical (unpaired) electrons. The van der Waals surface area contributed by atoms with Crippen molar-refractivity contribution in [1.29, 1.82) is 0 Å². The molecular formula is C23H23NO8. The van der Waals surface area contributed by atoms with Gasteiger partial charge in [0.25, 0.3) is 0 Å². The fourth-order valence-corrected chi connectivity index (χ4v) is 5.01. The molecular weight excluding hydrogens is 418 g/mol. The van der Waals surface area contributed by atoms with E-state index in [0.29, 0.717) is 16.7 Å². The fourth-order valence-electron chi connectivity index (χ4n) is 5.01. The Hall–Kier alpha value is -3.43. The van der Waals surface area contributed by atoms with Gasteiger partial charge in [0.2, 0.25) is 5.91 Å². The molecule has 2 aliphatic carbocycles. The molecule has 0 aliphatic heterocycles. The number of benzene rings is 1. The highest BCUT2D eigenvalue weighted by molar-refractivity contribution is 6.15. The van der Waals surface area contributed by atoms with Gasteiger partial charge >= 0.3 is 0 Å². The molecule has 32 heavy (non-hydrogen) atoms. The van der Waals surface area contributed by atoms with Gasteiger partial charge in [0.1, 0.15) is 11.5 Å². The number of primary amides is 1. The van der Waals surface area contributed by atoms with Crippen molar-refractivity contribution < 1.29 is 39.2 Å². The predicted molar refractivity (Wildman–Crippen MR) is 111 cm³/mol. The molecule has 1 amide bonds. The van der Waals surface area contributed by atoms with Crippen LogP contribution in [-0.2, 0) is 16.0 Å². The summed E-state index contributed by atoms with van der Waals surface area (Å²) in [5.74, 6) is -5.37. The summed E-state index contributed by atoms with van der Waals surface area (Å²) in [5.41, 5.74) is 4.33. The molecule has 6 N–H and O–H groups in total. The standard InChI is InChI=1S/C23H23NO8/c24-18(28)9-17(27)23(31)13(3-5-25)7-12-8-15-14(11-4-6-32-10-11)1-2-16(26)20(15)21(29)19(12)22(23)30/h1-2,4,6,10,12-13,25-26,30-31H,3,5,7-9H2,(H2,24,28)/t12-,13-,23-/m1/s1. The number of furan rings is 1. The number of hydrogen-bond donors (Lipinski definition) is 5. The summed E-state index contributed by atoms with van der Waals surface area (Å²) in [6.07, 6.45) is 2.48. The molecule has 0 saturated carbocycles. The van der Waals surface area contributed by atoms with Crippen LogP contribution in [0.2, 0.25) is 0 Å². The smallest absolute Gasteiger partial charge is 0.225 e. The van der Waals surface area contributed by atoms with E-state index in [0.717, 1.165) is 0 Å². The highest BCUT2D eigenvalue weighted by Crippen LogP contribution is 2.50. The number of phenolic OH excluding ortho intramolecular Hbond substituents is 1. The molecule has 0 bridgehead atoms. The number of carbonyl (C=O) groups is 3. The second kappa shape index (κ2) is 7.92. The van der Waals surface area contributed by atoms with Gasteiger partial charge in [-0.25, -0.2) is 0 Å². The van der Waals surface area contributed by atoms with Crippen LogP contribution in [0.4, 0.5) is 0 Å². The monoisotopic (exact) mass is 441 g/mol. The van der Waals surface area contributed by atoms with Crippen molar-refractivity contribution in [2.75, 3.05) is 6.61 Å². The number of ketones is 2. The molecule has 9 heteroatoms. The van der Waals surface area contributed by atoms with Crippen molar-refractivity contribution in [2.24, 2.45) is 17.6 Å². The van der Waals surface area contributed by atoms with E-state index in [1.165, 1.54) is 18.6 Å². The van der Waals surface area contributed by atoms with Gasteiger partial charge in [0.05, 0.1) is 24.5 Å². The van der Waals surface area contributed by atoms with Crippen molar-refractivity contribution in [3.05, 3.63) is 53.2 Å². The van der Waals surface area contributed by atoms with E-state index in [1.54, 1.807) is 12.1 Å². The number of aliphatic hydroxyl groups excluding tert-OH is 2. The molecule has 2 aliphatic rings. The first-order chi connectivity index (χ1) is 15.2. The summed E-state index contributed by atoms with van der Waals surface area (Å²) in [5, 5.41) is 42.2. The third-order valence-corrected chi connectivity index (χ3v) is 6.47. The first-order valence-corrected chi connectivity index (χ1v) is 10.2. The number of fused-ring (bicyclic) bond motifs is 2. The second-order valence-corrected chi connectivity index (χ2v) is 8.27. The zero-order valence-electron chi connectivity index (χ0n) is 17.1. The molecule has 168 valence electrons. The van der Waals surface area contributed by atoms with Crippen LogP contribution >= 0.6 is 0 Å². The lowest BCUT2D eigenvalue weighted by Crippen LogP contribution is -2.54. The molecule has 3 atom stereocenters. The summed E-state index contributed by atoms with van der Waals surface area (Å²) in [7, 11) is 0. The van der Waals surface area contributed by atoms with Crippen molar-refractivity contribution in [3.63, 3.8) is 0 Å². The SMILES string of the molecule is NC(=O)CC(=O)[C@@]1(O)C(O)=C2C(=O)c3c(O)ccc(-c4ccoc4)c3C[C@H]2C[C@H]1CCO. The van der Waals surface area contributed by atoms with Crippen molar-refractivity contribution in [2.45, 2.75) is 31.3 Å². The Morgan fingerprint density at radius 2 is 1.97 bits per heavy atom. The van der Waals surface area contributed by atoms with Crippen LogP contribution in [0.5, 0.6) is 5.75 Å². The van der Waals surface area contributed by atoms with Crippen LogP contribution in [0.1, 0.15) is 35.2 Å². The van der Waals surface area contributed by atoms with Crippen LogP contribution in [0.3, 0.4) is 0 Å². The fraction of sp³-hybridized carbons (Fsp3) is 0.348. The highest BCUT2D eigenvalue weighted by Gasteiger charge is 2.55. The van der Waals surface area contributed by atoms with Gasteiger partial charge < -0.3 is 30.6 Å². The molecule has 1 aromatic carbocycles. The number of nitrogens with two attached hydrogens (primary N) is 1. The third-order valence-electron chi connectivity index (χ3n) is 6.47. The number of carbonyl (C=O) groups excluding carboxylic acids is 3. The van der Waals surface area contributed by atoms with Gasteiger partial charge in [-0.3, -0.25) is 14.4 Å². The van der Waals surface area contributed by atoms with Gasteiger partial charge in [0, 0.05) is 23.7 Å². The Kier molecular flexibility index (Phi) is 5.39. The topological polar surface area (TPSA) is 171 Å². The Balaban J connectivity index is 1.89. The number of phenols is 1. The quantitative estimate of drug-likeness (QED) is 0.419. The Bertz CT molecular complexity index is 1130. The largest absolute Gasteiger partial charge is 0.508 e. The maximum absolute atomic E-state index is 13.4. The van der Waals surface area contributed by atoms with Crippen LogP contribution in [0.25, 0.3) is 11.1 Å². The van der Waals surface area contributed by atoms with Crippen molar-refractivity contribution >= 4 is 17.5 Å². The maximum atomic E-state index is 13.4. The summed E-state index contributed by atoms with van der Waals surface area (Å²) < 4.78 is 5.14. The van der Waals surface area contributed by atoms with Crippen LogP contribution in [-0.4, -0.2) is 50.1 Å². The van der Waals surface area contributed by atoms with E-state index in [4.69, 9.17) is 10.2 Å². The molecule has 0 spiro atoms. The Morgan fingerprint density at radius 1 is 1.22 bits per heavy atom. The summed E-state index contributed by atoms with van der Waals surface area (Å²) in [4.78, 5) is 37.5. The number of amides is 1. The lowest BCUT2D eigenvalue weighted by atomic mass is 9.62. The lowest BCUT2D eigenvalue weighted by Gasteiger charge is -2.43. The van der Waals surface area contributed by atoms with E-state index < -0.39 is 47.1 Å². The number of hydrogen-bond acceptors (Lipinski definition) is 8. The predicted octanol–water partition coefficient (Wildman–Crippen LogP) is 1.40. The Labute approximate surface area is 182 Å². The van der Waals surface area contributed by atoms with E-state index >= 15 is 0 Å². The van der Waals surface area contributed by atoms with Gasteiger partial charge in [-0.1, -0.05) is 6.07 Å². The average molecular weight is 441 g/mol. The first kappa shape index (κ1) is 21.8. The Morgan fingerprint density at radius 3 is 2.59 bits per heavy atom. The minimum atomic E-state index is -2.53. The lowest BCUT2D eigenvalue weighted by molar-refractivity contribution is -0.147. The highest BCUT2D eigenvalue weighted by atomic mass is 16.3. The molecule has 0 saturated heterocycles. The average Bonchev–Trinajstić information content (AvgIpc) is 3.26. The van der Waals surface area contributed by atoms with Gasteiger partial charge in [0.15, 0.2) is 17.2 Å². The van der Waals surface area contributed by atoms with Crippen molar-refractivity contribution in [3.8, 4) is 16.9 Å². The first-order valence-electron chi connectivity index (χ1n) is 10.2. The van der Waals surface area contributed by atoms with Crippen molar-refractivity contribution in [1.82, 2.24) is 0 Å². The number of Topliss-reactive ketones (excluding diaryl/α,β-unsaturated/α-hetero) is 2. The third kappa shape index (κ3) is 3.21. The van der Waals surface area contributed by atoms with Gasteiger partial charge in [-0.15, -0.1) is 0 Å². The number of allylic oxidation sites excluding steroid dienone is 1. The number of rotatable bonds is 6.